The number of carbonyl (C=O) groups is 1. The lowest BCUT2D eigenvalue weighted by Crippen LogP contribution is -1.87. The van der Waals surface area contributed by atoms with Gasteiger partial charge in [-0.1, -0.05) is 11.3 Å². The average molecular weight is 262 g/mol. The van der Waals surface area contributed by atoms with Gasteiger partial charge in [-0.25, -0.2) is 9.78 Å². The second-order valence-corrected chi connectivity index (χ2v) is 4.32. The van der Waals surface area contributed by atoms with Crippen LogP contribution in [0.15, 0.2) is 30.7 Å². The number of hydrogen-bond acceptors (Lipinski definition) is 5. The lowest BCUT2D eigenvalue weighted by molar-refractivity contribution is -0.131. The summed E-state index contributed by atoms with van der Waals surface area (Å²) in [5.41, 5.74) is 1.61. The molecule has 0 aliphatic heterocycles. The Kier molecular flexibility index (Phi) is 3.69. The highest BCUT2D eigenvalue weighted by atomic mass is 32.1. The van der Waals surface area contributed by atoms with E-state index in [1.165, 1.54) is 17.4 Å². The van der Waals surface area contributed by atoms with Crippen molar-refractivity contribution < 1.29 is 14.6 Å². The average Bonchev–Trinajstić information content (AvgIpc) is 2.85. The molecule has 5 nitrogen and oxygen atoms in total. The predicted molar refractivity (Wildman–Crippen MR) is 68.6 cm³/mol. The third kappa shape index (κ3) is 2.72. The molecule has 18 heavy (non-hydrogen) atoms. The fourth-order valence-corrected chi connectivity index (χ4v) is 2.18. The van der Waals surface area contributed by atoms with Gasteiger partial charge >= 0.3 is 5.97 Å². The summed E-state index contributed by atoms with van der Waals surface area (Å²) in [6.07, 6.45) is 7.55. The number of rotatable bonds is 4. The van der Waals surface area contributed by atoms with Crippen LogP contribution in [0.1, 0.15) is 5.56 Å². The maximum absolute atomic E-state index is 10.5. The first-order valence-electron chi connectivity index (χ1n) is 5.06. The number of carboxylic acid groups (broad SMARTS) is 1. The Morgan fingerprint density at radius 1 is 1.50 bits per heavy atom. The standard InChI is InChI=1S/C12H10N2O3S/c1-17-12-14-7-10(18-12)9-4-5-13-6-8(9)2-3-11(15)16/h2-7H,1H3,(H,15,16). The first kappa shape index (κ1) is 12.3. The SMILES string of the molecule is COc1ncc(-c2ccncc2C=CC(=O)O)s1. The van der Waals surface area contributed by atoms with E-state index in [1.807, 2.05) is 6.07 Å². The summed E-state index contributed by atoms with van der Waals surface area (Å²) in [5.74, 6) is -0.994. The molecule has 0 saturated heterocycles. The molecule has 0 aromatic carbocycles. The lowest BCUT2D eigenvalue weighted by Gasteiger charge is -2.01. The van der Waals surface area contributed by atoms with Crippen LogP contribution in [0, 0.1) is 0 Å². The van der Waals surface area contributed by atoms with Gasteiger partial charge in [0.05, 0.1) is 12.0 Å². The minimum Gasteiger partial charge on any atom is -0.478 e. The fraction of sp³-hybridized carbons (Fsp3) is 0.0833. The number of aliphatic carboxylic acids is 1. The van der Waals surface area contributed by atoms with E-state index in [0.29, 0.717) is 5.19 Å². The summed E-state index contributed by atoms with van der Waals surface area (Å²) in [6.45, 7) is 0. The minimum absolute atomic E-state index is 0.565. The molecule has 0 atom stereocenters. The number of carboxylic acids is 1. The van der Waals surface area contributed by atoms with Crippen LogP contribution < -0.4 is 4.74 Å². The Labute approximate surface area is 107 Å². The Balaban J connectivity index is 2.41. The normalized spacial score (nSPS) is 10.7. The van der Waals surface area contributed by atoms with E-state index < -0.39 is 5.97 Å². The summed E-state index contributed by atoms with van der Waals surface area (Å²) in [7, 11) is 1.56. The molecule has 2 aromatic rings. The summed E-state index contributed by atoms with van der Waals surface area (Å²) >= 11 is 1.39. The first-order valence-corrected chi connectivity index (χ1v) is 5.87. The van der Waals surface area contributed by atoms with E-state index in [4.69, 9.17) is 9.84 Å². The van der Waals surface area contributed by atoms with Crippen LogP contribution in [0.3, 0.4) is 0 Å². The zero-order valence-corrected chi connectivity index (χ0v) is 10.3. The Morgan fingerprint density at radius 3 is 3.00 bits per heavy atom. The van der Waals surface area contributed by atoms with Crippen molar-refractivity contribution in [1.29, 1.82) is 0 Å². The van der Waals surface area contributed by atoms with Crippen molar-refractivity contribution in [2.24, 2.45) is 0 Å². The summed E-state index contributed by atoms with van der Waals surface area (Å²) in [4.78, 5) is 19.5. The van der Waals surface area contributed by atoms with Crippen LogP contribution >= 0.6 is 11.3 Å². The molecule has 2 aromatic heterocycles. The van der Waals surface area contributed by atoms with Gasteiger partial charge in [-0.05, 0) is 12.1 Å². The molecule has 92 valence electrons. The number of ether oxygens (including phenoxy) is 1. The van der Waals surface area contributed by atoms with Crippen LogP contribution in [-0.4, -0.2) is 28.2 Å². The molecular formula is C12H10N2O3S. The molecule has 0 amide bonds. The molecule has 0 spiro atoms. The lowest BCUT2D eigenvalue weighted by atomic mass is 10.1. The number of pyridine rings is 1. The number of methoxy groups -OCH3 is 1. The molecule has 2 rings (SSSR count). The third-order valence-corrected chi connectivity index (χ3v) is 3.17. The molecule has 0 saturated carbocycles. The van der Waals surface area contributed by atoms with E-state index in [0.717, 1.165) is 22.1 Å². The Morgan fingerprint density at radius 2 is 2.33 bits per heavy atom. The third-order valence-electron chi connectivity index (χ3n) is 2.18. The Bertz CT molecular complexity index is 593. The van der Waals surface area contributed by atoms with Gasteiger partial charge in [0.2, 0.25) is 0 Å². The van der Waals surface area contributed by atoms with Gasteiger partial charge < -0.3 is 9.84 Å². The molecule has 0 aliphatic rings. The quantitative estimate of drug-likeness (QED) is 0.856. The topological polar surface area (TPSA) is 72.3 Å². The summed E-state index contributed by atoms with van der Waals surface area (Å²) in [5, 5.41) is 9.21. The molecule has 0 aliphatic carbocycles. The molecule has 6 heteroatoms. The molecular weight excluding hydrogens is 252 g/mol. The van der Waals surface area contributed by atoms with Crippen molar-refractivity contribution in [2.45, 2.75) is 0 Å². The van der Waals surface area contributed by atoms with E-state index >= 15 is 0 Å². The van der Waals surface area contributed by atoms with Gasteiger partial charge in [-0.2, -0.15) is 0 Å². The predicted octanol–water partition coefficient (Wildman–Crippen LogP) is 2.31. The van der Waals surface area contributed by atoms with Gasteiger partial charge in [0, 0.05) is 35.8 Å². The zero-order chi connectivity index (χ0) is 13.0. The number of hydrogen-bond donors (Lipinski definition) is 1. The highest BCUT2D eigenvalue weighted by Gasteiger charge is 2.08. The highest BCUT2D eigenvalue weighted by molar-refractivity contribution is 7.16. The summed E-state index contributed by atoms with van der Waals surface area (Å²) < 4.78 is 5.03. The monoisotopic (exact) mass is 262 g/mol. The van der Waals surface area contributed by atoms with Crippen molar-refractivity contribution in [1.82, 2.24) is 9.97 Å². The summed E-state index contributed by atoms with van der Waals surface area (Å²) in [6, 6.07) is 1.81. The van der Waals surface area contributed by atoms with Crippen molar-refractivity contribution in [3.05, 3.63) is 36.3 Å². The van der Waals surface area contributed by atoms with Crippen molar-refractivity contribution in [2.75, 3.05) is 7.11 Å². The smallest absolute Gasteiger partial charge is 0.328 e. The van der Waals surface area contributed by atoms with Gasteiger partial charge in [0.1, 0.15) is 0 Å². The van der Waals surface area contributed by atoms with Gasteiger partial charge in [-0.3, -0.25) is 4.98 Å². The van der Waals surface area contributed by atoms with E-state index in [2.05, 4.69) is 9.97 Å². The Hall–Kier alpha value is -2.21. The molecule has 0 radical (unpaired) electrons. The number of nitrogens with zero attached hydrogens (tertiary/aromatic N) is 2. The molecule has 0 bridgehead atoms. The number of aromatic nitrogens is 2. The molecule has 0 unspecified atom stereocenters. The van der Waals surface area contributed by atoms with Crippen LogP contribution in [0.25, 0.3) is 16.5 Å². The fourth-order valence-electron chi connectivity index (χ4n) is 1.40. The van der Waals surface area contributed by atoms with Crippen molar-refractivity contribution >= 4 is 23.4 Å². The van der Waals surface area contributed by atoms with Crippen LogP contribution in [0.4, 0.5) is 0 Å². The minimum atomic E-state index is -0.994. The van der Waals surface area contributed by atoms with Crippen LogP contribution in [-0.2, 0) is 4.79 Å². The largest absolute Gasteiger partial charge is 0.478 e. The van der Waals surface area contributed by atoms with Crippen LogP contribution in [0.2, 0.25) is 0 Å². The van der Waals surface area contributed by atoms with E-state index in [-0.39, 0.29) is 0 Å². The maximum Gasteiger partial charge on any atom is 0.328 e. The second kappa shape index (κ2) is 5.42. The molecule has 0 fully saturated rings. The highest BCUT2D eigenvalue weighted by Crippen LogP contribution is 2.32. The van der Waals surface area contributed by atoms with E-state index in [1.54, 1.807) is 25.7 Å². The van der Waals surface area contributed by atoms with Gasteiger partial charge in [0.25, 0.3) is 5.19 Å². The molecule has 1 N–H and O–H groups in total. The van der Waals surface area contributed by atoms with Crippen LogP contribution in [0.5, 0.6) is 5.19 Å². The van der Waals surface area contributed by atoms with Gasteiger partial charge in [-0.15, -0.1) is 0 Å². The van der Waals surface area contributed by atoms with Crippen molar-refractivity contribution in [3.8, 4) is 15.6 Å². The first-order chi connectivity index (χ1) is 8.70. The number of thiazole rings is 1. The maximum atomic E-state index is 10.5. The zero-order valence-electron chi connectivity index (χ0n) is 9.53. The van der Waals surface area contributed by atoms with Crippen molar-refractivity contribution in [3.63, 3.8) is 0 Å². The van der Waals surface area contributed by atoms with Gasteiger partial charge in [0.15, 0.2) is 0 Å². The second-order valence-electron chi connectivity index (χ2n) is 3.33. The van der Waals surface area contributed by atoms with E-state index in [9.17, 15) is 4.79 Å². The molecule has 2 heterocycles.